The molecule has 1 amide bonds. The molecular weight excluding hydrogens is 510 g/mol. The molecule has 1 N–H and O–H groups in total. The summed E-state index contributed by atoms with van der Waals surface area (Å²) in [5, 5.41) is 16.1. The first kappa shape index (κ1) is 23.2. The van der Waals surface area contributed by atoms with Crippen molar-refractivity contribution in [3.05, 3.63) is 69.3 Å². The Morgan fingerprint density at radius 1 is 1.18 bits per heavy atom. The van der Waals surface area contributed by atoms with Crippen LogP contribution >= 0.6 is 27.5 Å². The molecule has 0 spiro atoms. The molecule has 0 saturated carbocycles. The number of carboxylic acid groups (broad SMARTS) is 1. The Morgan fingerprint density at radius 3 is 2.64 bits per heavy atom. The molecule has 1 aliphatic heterocycles. The monoisotopic (exact) mass is 529 g/mol. The highest BCUT2D eigenvalue weighted by atomic mass is 79.9. The number of ether oxygens (including phenoxy) is 1. The lowest BCUT2D eigenvalue weighted by Gasteiger charge is -2.22. The Kier molecular flexibility index (Phi) is 6.95. The summed E-state index contributed by atoms with van der Waals surface area (Å²) < 4.78 is 6.46. The first-order chi connectivity index (χ1) is 15.9. The predicted molar refractivity (Wildman–Crippen MR) is 130 cm³/mol. The topological polar surface area (TPSA) is 92.1 Å². The van der Waals surface area contributed by atoms with Gasteiger partial charge in [0.25, 0.3) is 0 Å². The fourth-order valence-electron chi connectivity index (χ4n) is 3.76. The van der Waals surface area contributed by atoms with Crippen molar-refractivity contribution in [2.24, 2.45) is 5.10 Å². The van der Waals surface area contributed by atoms with Gasteiger partial charge in [-0.3, -0.25) is 9.59 Å². The molecule has 2 aromatic carbocycles. The summed E-state index contributed by atoms with van der Waals surface area (Å²) in [6.45, 7) is 2.47. The number of carbonyl (C=O) groups excluding carboxylic acids is 1. The highest BCUT2D eigenvalue weighted by molar-refractivity contribution is 9.10. The minimum atomic E-state index is -1.03. The summed E-state index contributed by atoms with van der Waals surface area (Å²) in [4.78, 5) is 28.4. The van der Waals surface area contributed by atoms with Crippen molar-refractivity contribution < 1.29 is 19.4 Å². The summed E-state index contributed by atoms with van der Waals surface area (Å²) in [6, 6.07) is 14.8. The highest BCUT2D eigenvalue weighted by Gasteiger charge is 2.34. The number of benzene rings is 2. The van der Waals surface area contributed by atoms with Gasteiger partial charge in [0.05, 0.1) is 30.3 Å². The molecule has 1 aliphatic rings. The Morgan fingerprint density at radius 2 is 1.94 bits per heavy atom. The fraction of sp³-hybridized carbons (Fsp3) is 0.250. The maximum absolute atomic E-state index is 12.9. The molecule has 7 nitrogen and oxygen atoms in total. The van der Waals surface area contributed by atoms with Crippen LogP contribution in [0, 0.1) is 0 Å². The largest absolute Gasteiger partial charge is 0.494 e. The molecule has 0 fully saturated rings. The lowest BCUT2D eigenvalue weighted by atomic mass is 9.98. The van der Waals surface area contributed by atoms with E-state index in [2.05, 4.69) is 26.0 Å². The lowest BCUT2D eigenvalue weighted by Crippen LogP contribution is -2.27. The number of pyridine rings is 1. The Balaban J connectivity index is 1.70. The highest BCUT2D eigenvalue weighted by Crippen LogP contribution is 2.36. The molecule has 0 saturated heterocycles. The van der Waals surface area contributed by atoms with Gasteiger partial charge in [-0.15, -0.1) is 0 Å². The van der Waals surface area contributed by atoms with Crippen molar-refractivity contribution >= 4 is 56.0 Å². The maximum atomic E-state index is 12.9. The van der Waals surface area contributed by atoms with Crippen LogP contribution in [0.2, 0.25) is 5.15 Å². The van der Waals surface area contributed by atoms with E-state index in [0.717, 1.165) is 15.4 Å². The van der Waals surface area contributed by atoms with Crippen molar-refractivity contribution in [1.82, 2.24) is 9.99 Å². The number of aromatic nitrogens is 1. The average Bonchev–Trinajstić information content (AvgIpc) is 3.23. The minimum absolute atomic E-state index is 0.136. The maximum Gasteiger partial charge on any atom is 0.303 e. The summed E-state index contributed by atoms with van der Waals surface area (Å²) in [6.07, 6.45) is 0.0428. The number of carboxylic acids is 1. The van der Waals surface area contributed by atoms with Gasteiger partial charge < -0.3 is 9.84 Å². The second-order valence-electron chi connectivity index (χ2n) is 7.56. The molecule has 9 heteroatoms. The van der Waals surface area contributed by atoms with E-state index in [0.29, 0.717) is 35.6 Å². The second-order valence-corrected chi connectivity index (χ2v) is 8.84. The van der Waals surface area contributed by atoms with Crippen molar-refractivity contribution in [2.75, 3.05) is 6.61 Å². The number of fused-ring (bicyclic) bond motifs is 1. The number of rotatable bonds is 7. The van der Waals surface area contributed by atoms with Crippen LogP contribution in [-0.4, -0.2) is 39.3 Å². The molecule has 4 rings (SSSR count). The van der Waals surface area contributed by atoms with Crippen LogP contribution in [0.1, 0.15) is 43.4 Å². The van der Waals surface area contributed by atoms with E-state index in [-0.39, 0.29) is 29.9 Å². The zero-order chi connectivity index (χ0) is 23.5. The molecule has 2 heterocycles. The van der Waals surface area contributed by atoms with E-state index < -0.39 is 5.97 Å². The van der Waals surface area contributed by atoms with Gasteiger partial charge in [-0.05, 0) is 42.8 Å². The van der Waals surface area contributed by atoms with E-state index in [1.54, 1.807) is 0 Å². The number of nitrogens with zero attached hydrogens (tertiary/aromatic N) is 3. The smallest absolute Gasteiger partial charge is 0.303 e. The summed E-state index contributed by atoms with van der Waals surface area (Å²) in [5.74, 6) is -0.670. The zero-order valence-corrected chi connectivity index (χ0v) is 20.1. The third kappa shape index (κ3) is 5.17. The number of hydrazone groups is 1. The van der Waals surface area contributed by atoms with Gasteiger partial charge in [-0.25, -0.2) is 9.99 Å². The molecule has 170 valence electrons. The van der Waals surface area contributed by atoms with E-state index in [1.165, 1.54) is 5.01 Å². The quantitative estimate of drug-likeness (QED) is 0.402. The Hall–Kier alpha value is -2.97. The predicted octanol–water partition coefficient (Wildman–Crippen LogP) is 5.59. The first-order valence-corrected chi connectivity index (χ1v) is 11.6. The van der Waals surface area contributed by atoms with Gasteiger partial charge in [0.15, 0.2) is 0 Å². The molecule has 33 heavy (non-hydrogen) atoms. The summed E-state index contributed by atoms with van der Waals surface area (Å²) >= 11 is 9.96. The standard InChI is InChI=1S/C24H21BrClN3O4/c1-2-33-17-8-5-15-11-18(24(26)27-19(15)12-17)20-13-21(14-3-6-16(25)7-4-14)29(28-20)22(30)9-10-23(31)32/h3-8,11-12,21H,2,9-10,13H2,1H3,(H,31,32). The second kappa shape index (κ2) is 9.89. The van der Waals surface area contributed by atoms with E-state index in [1.807, 2.05) is 55.5 Å². The van der Waals surface area contributed by atoms with Crippen LogP contribution in [-0.2, 0) is 9.59 Å². The van der Waals surface area contributed by atoms with Crippen molar-refractivity contribution in [3.8, 4) is 5.75 Å². The number of hydrogen-bond acceptors (Lipinski definition) is 5. The number of hydrogen-bond donors (Lipinski definition) is 1. The van der Waals surface area contributed by atoms with Crippen LogP contribution in [0.15, 0.2) is 58.1 Å². The number of carbonyl (C=O) groups is 2. The van der Waals surface area contributed by atoms with E-state index in [9.17, 15) is 9.59 Å². The minimum Gasteiger partial charge on any atom is -0.494 e. The molecule has 1 atom stereocenters. The third-order valence-electron chi connectivity index (χ3n) is 5.34. The van der Waals surface area contributed by atoms with E-state index in [4.69, 9.17) is 21.4 Å². The summed E-state index contributed by atoms with van der Waals surface area (Å²) in [5.41, 5.74) is 2.86. The van der Waals surface area contributed by atoms with Crippen LogP contribution in [0.4, 0.5) is 0 Å². The summed E-state index contributed by atoms with van der Waals surface area (Å²) in [7, 11) is 0. The van der Waals surface area contributed by atoms with Gasteiger partial charge in [0.2, 0.25) is 5.91 Å². The average molecular weight is 531 g/mol. The van der Waals surface area contributed by atoms with E-state index >= 15 is 0 Å². The van der Waals surface area contributed by atoms with Gasteiger partial charge >= 0.3 is 5.97 Å². The number of amides is 1. The third-order valence-corrected chi connectivity index (χ3v) is 6.15. The first-order valence-electron chi connectivity index (χ1n) is 10.5. The van der Waals surface area contributed by atoms with Crippen LogP contribution in [0.3, 0.4) is 0 Å². The van der Waals surface area contributed by atoms with Crippen molar-refractivity contribution in [3.63, 3.8) is 0 Å². The van der Waals surface area contributed by atoms with Crippen molar-refractivity contribution in [1.29, 1.82) is 0 Å². The molecule has 0 bridgehead atoms. The van der Waals surface area contributed by atoms with Crippen molar-refractivity contribution in [2.45, 2.75) is 32.2 Å². The van der Waals surface area contributed by atoms with Gasteiger partial charge in [-0.1, -0.05) is 39.7 Å². The normalized spacial score (nSPS) is 15.5. The SMILES string of the molecule is CCOc1ccc2cc(C3=NN(C(=O)CCC(=O)O)C(c4ccc(Br)cc4)C3)c(Cl)nc2c1. The number of halogens is 2. The molecule has 0 radical (unpaired) electrons. The molecule has 0 aliphatic carbocycles. The van der Waals surface area contributed by atoms with Crippen LogP contribution in [0.5, 0.6) is 5.75 Å². The van der Waals surface area contributed by atoms with Gasteiger partial charge in [-0.2, -0.15) is 5.10 Å². The van der Waals surface area contributed by atoms with Gasteiger partial charge in [0, 0.05) is 34.3 Å². The molecule has 1 unspecified atom stereocenters. The lowest BCUT2D eigenvalue weighted by molar-refractivity contribution is -0.141. The van der Waals surface area contributed by atoms with Crippen LogP contribution in [0.25, 0.3) is 10.9 Å². The molecule has 1 aromatic heterocycles. The molecule has 3 aromatic rings. The number of aliphatic carboxylic acids is 1. The Labute approximate surface area is 204 Å². The van der Waals surface area contributed by atoms with Crippen LogP contribution < -0.4 is 4.74 Å². The zero-order valence-electron chi connectivity index (χ0n) is 17.8. The fourth-order valence-corrected chi connectivity index (χ4v) is 4.28. The molecular formula is C24H21BrClN3O4. The van der Waals surface area contributed by atoms with Gasteiger partial charge in [0.1, 0.15) is 10.9 Å². The Bertz CT molecular complexity index is 1250.